The van der Waals surface area contributed by atoms with Gasteiger partial charge in [0, 0.05) is 40.9 Å². The average Bonchev–Trinajstić information content (AvgIpc) is 3.85. The highest BCUT2D eigenvalue weighted by Gasteiger charge is 2.44. The summed E-state index contributed by atoms with van der Waals surface area (Å²) >= 11 is 6.13. The normalized spacial score (nSPS) is 24.0. The number of benzene rings is 1. The molecule has 4 heterocycles. The van der Waals surface area contributed by atoms with Crippen LogP contribution in [0.25, 0.3) is 16.1 Å². The first kappa shape index (κ1) is 23.9. The molecule has 2 aliphatic carbocycles. The molecule has 39 heavy (non-hydrogen) atoms. The number of azide groups is 1. The Balaban J connectivity index is 1.12. The Kier molecular flexibility index (Phi) is 5.86. The molecular weight excluding hydrogens is 514 g/mol. The van der Waals surface area contributed by atoms with E-state index in [1.165, 1.54) is 24.7 Å². The number of imidazole rings is 1. The number of hydrogen-bond donors (Lipinski definition) is 1. The third-order valence-electron chi connectivity index (χ3n) is 7.98. The highest BCUT2D eigenvalue weighted by Crippen LogP contribution is 2.48. The van der Waals surface area contributed by atoms with Gasteiger partial charge in [0.1, 0.15) is 23.6 Å². The third kappa shape index (κ3) is 4.77. The van der Waals surface area contributed by atoms with Gasteiger partial charge in [0.25, 0.3) is 0 Å². The number of carbonyl (C=O) groups is 1. The molecule has 3 aromatic heterocycles. The Morgan fingerprint density at radius 1 is 1.10 bits per heavy atom. The van der Waals surface area contributed by atoms with Gasteiger partial charge in [-0.05, 0) is 72.4 Å². The zero-order chi connectivity index (χ0) is 26.5. The van der Waals surface area contributed by atoms with E-state index in [1.807, 2.05) is 24.3 Å². The predicted octanol–water partition coefficient (Wildman–Crippen LogP) is 6.03. The lowest BCUT2D eigenvalue weighted by Gasteiger charge is -2.24. The van der Waals surface area contributed by atoms with Crippen molar-refractivity contribution in [1.29, 1.82) is 0 Å². The number of fused-ring (bicyclic) bond motifs is 1. The first-order chi connectivity index (χ1) is 19.1. The molecule has 1 aliphatic heterocycles. The maximum Gasteiger partial charge on any atom is 0.229 e. The summed E-state index contributed by atoms with van der Waals surface area (Å²) in [5, 5.41) is 7.64. The summed E-state index contributed by atoms with van der Waals surface area (Å²) in [6.07, 6.45) is 9.57. The first-order valence-corrected chi connectivity index (χ1v) is 13.6. The van der Waals surface area contributed by atoms with Crippen LogP contribution in [0.1, 0.15) is 60.4 Å². The van der Waals surface area contributed by atoms with E-state index in [1.54, 1.807) is 6.07 Å². The lowest BCUT2D eigenvalue weighted by atomic mass is 10.1. The van der Waals surface area contributed by atoms with E-state index in [0.29, 0.717) is 35.5 Å². The minimum atomic E-state index is -0.218. The van der Waals surface area contributed by atoms with Crippen molar-refractivity contribution >= 4 is 34.8 Å². The van der Waals surface area contributed by atoms with Crippen LogP contribution < -0.4 is 10.2 Å². The lowest BCUT2D eigenvalue weighted by Crippen LogP contribution is -2.25. The van der Waals surface area contributed by atoms with Crippen molar-refractivity contribution in [2.75, 3.05) is 16.8 Å². The lowest BCUT2D eigenvalue weighted by molar-refractivity contribution is -0.117. The van der Waals surface area contributed by atoms with E-state index in [9.17, 15) is 4.79 Å². The van der Waals surface area contributed by atoms with Gasteiger partial charge in [-0.1, -0.05) is 34.9 Å². The fourth-order valence-corrected chi connectivity index (χ4v) is 5.93. The number of pyridine rings is 1. The summed E-state index contributed by atoms with van der Waals surface area (Å²) in [5.74, 6) is 1.72. The molecular formula is C28H26ClN9O. The Hall–Kier alpha value is -4.14. The molecule has 4 atom stereocenters. The van der Waals surface area contributed by atoms with E-state index >= 15 is 0 Å². The Bertz CT molecular complexity index is 1630. The van der Waals surface area contributed by atoms with Crippen LogP contribution in [0.4, 0.5) is 11.6 Å². The molecule has 4 aromatic rings. The molecule has 7 rings (SSSR count). The Morgan fingerprint density at radius 3 is 2.82 bits per heavy atom. The summed E-state index contributed by atoms with van der Waals surface area (Å²) in [6, 6.07) is 13.3. The van der Waals surface area contributed by atoms with Crippen molar-refractivity contribution in [3.63, 3.8) is 0 Å². The van der Waals surface area contributed by atoms with Gasteiger partial charge >= 0.3 is 0 Å². The molecule has 10 nitrogen and oxygen atoms in total. The second-order valence-electron chi connectivity index (χ2n) is 10.7. The molecule has 11 heteroatoms. The number of nitrogens with one attached hydrogen (secondary N) is 1. The zero-order valence-corrected chi connectivity index (χ0v) is 21.8. The van der Waals surface area contributed by atoms with Gasteiger partial charge in [0.15, 0.2) is 0 Å². The van der Waals surface area contributed by atoms with Crippen LogP contribution in [0.5, 0.6) is 0 Å². The SMILES string of the molecule is [N-]=[N+]=N[C@H]1C[C@H](c2cn3cc(C4CC4)ccc3n2)N(c2cc(NC(=O)C3CC3c3cccc(Cl)c3)ncn2)C1. The number of amides is 1. The topological polar surface area (TPSA) is 124 Å². The van der Waals surface area contributed by atoms with Crippen LogP contribution in [0, 0.1) is 5.92 Å². The summed E-state index contributed by atoms with van der Waals surface area (Å²) in [6.45, 7) is 0.500. The van der Waals surface area contributed by atoms with Crippen molar-refractivity contribution in [2.24, 2.45) is 11.0 Å². The van der Waals surface area contributed by atoms with Crippen LogP contribution in [-0.4, -0.2) is 37.8 Å². The monoisotopic (exact) mass is 539 g/mol. The molecule has 1 aromatic carbocycles. The van der Waals surface area contributed by atoms with Gasteiger partial charge in [-0.3, -0.25) is 4.79 Å². The smallest absolute Gasteiger partial charge is 0.229 e. The number of anilines is 2. The highest BCUT2D eigenvalue weighted by atomic mass is 35.5. The Morgan fingerprint density at radius 2 is 2.00 bits per heavy atom. The van der Waals surface area contributed by atoms with Crippen molar-refractivity contribution in [3.05, 3.63) is 93.5 Å². The van der Waals surface area contributed by atoms with Gasteiger partial charge in [-0.2, -0.15) is 0 Å². The number of halogens is 1. The second kappa shape index (κ2) is 9.55. The molecule has 3 fully saturated rings. The highest BCUT2D eigenvalue weighted by molar-refractivity contribution is 6.30. The minimum Gasteiger partial charge on any atom is -0.347 e. The van der Waals surface area contributed by atoms with Crippen LogP contribution in [-0.2, 0) is 4.79 Å². The van der Waals surface area contributed by atoms with Gasteiger partial charge in [-0.25, -0.2) is 15.0 Å². The first-order valence-electron chi connectivity index (χ1n) is 13.2. The van der Waals surface area contributed by atoms with Crippen LogP contribution in [0.15, 0.2) is 66.3 Å². The van der Waals surface area contributed by atoms with E-state index in [4.69, 9.17) is 22.1 Å². The molecule has 1 saturated heterocycles. The van der Waals surface area contributed by atoms with E-state index in [0.717, 1.165) is 23.3 Å². The van der Waals surface area contributed by atoms with Crippen molar-refractivity contribution in [3.8, 4) is 0 Å². The fraction of sp³-hybridized carbons (Fsp3) is 0.357. The van der Waals surface area contributed by atoms with Gasteiger partial charge in [-0.15, -0.1) is 0 Å². The molecule has 196 valence electrons. The van der Waals surface area contributed by atoms with E-state index in [-0.39, 0.29) is 29.8 Å². The van der Waals surface area contributed by atoms with Crippen molar-refractivity contribution in [2.45, 2.75) is 49.6 Å². The second-order valence-corrected chi connectivity index (χ2v) is 11.1. The van der Waals surface area contributed by atoms with Crippen LogP contribution >= 0.6 is 11.6 Å². The number of rotatable bonds is 7. The third-order valence-corrected chi connectivity index (χ3v) is 8.21. The molecule has 3 aliphatic rings. The van der Waals surface area contributed by atoms with E-state index < -0.39 is 0 Å². The van der Waals surface area contributed by atoms with Crippen molar-refractivity contribution < 1.29 is 4.79 Å². The molecule has 0 radical (unpaired) electrons. The summed E-state index contributed by atoms with van der Waals surface area (Å²) in [4.78, 5) is 31.8. The standard InChI is InChI=1S/C28H26ClN9O/c29-19-3-1-2-17(8-19)21-10-22(21)28(39)34-25-11-27(32-15-31-25)38-13-20(35-36-30)9-24(38)23-14-37-12-18(16-4-5-16)6-7-26(37)33-23/h1-3,6-8,11-12,14-16,20-22,24H,4-5,9-10,13H2,(H,31,32,34,39)/t20-,21?,22?,24+/m0/s1. The molecule has 0 spiro atoms. The quantitative estimate of drug-likeness (QED) is 0.174. The molecule has 1 N–H and O–H groups in total. The largest absolute Gasteiger partial charge is 0.347 e. The maximum absolute atomic E-state index is 13.0. The molecule has 0 bridgehead atoms. The molecule has 2 unspecified atom stereocenters. The predicted molar refractivity (Wildman–Crippen MR) is 148 cm³/mol. The van der Waals surface area contributed by atoms with E-state index in [2.05, 4.69) is 59.1 Å². The zero-order valence-electron chi connectivity index (χ0n) is 21.1. The van der Waals surface area contributed by atoms with Gasteiger partial charge in [0.2, 0.25) is 5.91 Å². The number of nitrogens with zero attached hydrogens (tertiary/aromatic N) is 8. The summed E-state index contributed by atoms with van der Waals surface area (Å²) in [5.41, 5.74) is 13.3. The average molecular weight is 540 g/mol. The summed E-state index contributed by atoms with van der Waals surface area (Å²) < 4.78 is 2.08. The van der Waals surface area contributed by atoms with Gasteiger partial charge < -0.3 is 14.6 Å². The van der Waals surface area contributed by atoms with Crippen LogP contribution in [0.3, 0.4) is 0 Å². The fourth-order valence-electron chi connectivity index (χ4n) is 5.73. The Labute approximate surface area is 229 Å². The van der Waals surface area contributed by atoms with Crippen molar-refractivity contribution in [1.82, 2.24) is 19.4 Å². The minimum absolute atomic E-state index is 0.0682. The summed E-state index contributed by atoms with van der Waals surface area (Å²) in [7, 11) is 0. The van der Waals surface area contributed by atoms with Gasteiger partial charge in [0.05, 0.1) is 17.8 Å². The molecule has 2 saturated carbocycles. The van der Waals surface area contributed by atoms with Crippen LogP contribution in [0.2, 0.25) is 5.02 Å². The number of carbonyl (C=O) groups excluding carboxylic acids is 1. The maximum atomic E-state index is 13.0. The number of hydrogen-bond acceptors (Lipinski definition) is 6. The number of aromatic nitrogens is 4. The molecule has 1 amide bonds.